The zero-order valence-electron chi connectivity index (χ0n) is 21.1. The molecule has 39 heavy (non-hydrogen) atoms. The molecule has 1 aromatic heterocycles. The van der Waals surface area contributed by atoms with Crippen LogP contribution in [0.25, 0.3) is 0 Å². The highest BCUT2D eigenvalue weighted by Gasteiger charge is 2.12. The van der Waals surface area contributed by atoms with E-state index < -0.39 is 9.85 Å². The standard InChI is InChI=1S/C25H23N9O5/c1-15-4-5-19(12-16(15)2)28-24-29-23(27-18-6-8-20(9-7-18)33(35)36)30-25(31-24)32-26-14-17-13-21(34(37)38)10-11-22(17)39-3/h4-14H,1-3H3,(H3,27,28,29,30,31,32). The van der Waals surface area contributed by atoms with Crippen LogP contribution in [0.1, 0.15) is 16.7 Å². The Labute approximate surface area is 222 Å². The van der Waals surface area contributed by atoms with Gasteiger partial charge in [-0.05, 0) is 55.3 Å². The lowest BCUT2D eigenvalue weighted by Gasteiger charge is -2.11. The number of methoxy groups -OCH3 is 1. The summed E-state index contributed by atoms with van der Waals surface area (Å²) in [5, 5.41) is 32.3. The average Bonchev–Trinajstić information content (AvgIpc) is 2.91. The average molecular weight is 530 g/mol. The fourth-order valence-electron chi connectivity index (χ4n) is 3.38. The molecule has 198 valence electrons. The number of hydrogen-bond acceptors (Lipinski definition) is 12. The van der Waals surface area contributed by atoms with E-state index in [0.29, 0.717) is 17.0 Å². The van der Waals surface area contributed by atoms with Crippen molar-refractivity contribution in [2.45, 2.75) is 13.8 Å². The van der Waals surface area contributed by atoms with Gasteiger partial charge in [0.2, 0.25) is 17.8 Å². The van der Waals surface area contributed by atoms with Crippen molar-refractivity contribution in [1.82, 2.24) is 15.0 Å². The smallest absolute Gasteiger partial charge is 0.270 e. The Morgan fingerprint density at radius 1 is 0.769 bits per heavy atom. The summed E-state index contributed by atoms with van der Waals surface area (Å²) < 4.78 is 5.25. The molecule has 0 aliphatic carbocycles. The first kappa shape index (κ1) is 26.4. The molecule has 1 heterocycles. The Bertz CT molecular complexity index is 1560. The number of hydrazone groups is 1. The first-order valence-corrected chi connectivity index (χ1v) is 11.4. The number of ether oxygens (including phenoxy) is 1. The highest BCUT2D eigenvalue weighted by molar-refractivity contribution is 5.85. The minimum Gasteiger partial charge on any atom is -0.496 e. The van der Waals surface area contributed by atoms with E-state index in [2.05, 4.69) is 36.1 Å². The Kier molecular flexibility index (Phi) is 7.85. The third-order valence-electron chi connectivity index (χ3n) is 5.53. The second kappa shape index (κ2) is 11.6. The summed E-state index contributed by atoms with van der Waals surface area (Å²) >= 11 is 0. The van der Waals surface area contributed by atoms with Gasteiger partial charge in [0.05, 0.1) is 23.2 Å². The summed E-state index contributed by atoms with van der Waals surface area (Å²) in [5.74, 6) is 0.778. The van der Waals surface area contributed by atoms with Gasteiger partial charge < -0.3 is 15.4 Å². The van der Waals surface area contributed by atoms with Gasteiger partial charge in [0.15, 0.2) is 0 Å². The molecule has 4 rings (SSSR count). The van der Waals surface area contributed by atoms with Gasteiger partial charge in [0.25, 0.3) is 11.4 Å². The van der Waals surface area contributed by atoms with Gasteiger partial charge in [-0.25, -0.2) is 5.43 Å². The van der Waals surface area contributed by atoms with Crippen molar-refractivity contribution in [2.24, 2.45) is 5.10 Å². The molecule has 0 fully saturated rings. The summed E-state index contributed by atoms with van der Waals surface area (Å²) in [6.45, 7) is 3.99. The van der Waals surface area contributed by atoms with Crippen molar-refractivity contribution < 1.29 is 14.6 Å². The van der Waals surface area contributed by atoms with Crippen LogP contribution in [-0.2, 0) is 0 Å². The van der Waals surface area contributed by atoms with Crippen LogP contribution in [0.3, 0.4) is 0 Å². The van der Waals surface area contributed by atoms with Gasteiger partial charge in [-0.1, -0.05) is 6.07 Å². The number of hydrogen-bond donors (Lipinski definition) is 3. The van der Waals surface area contributed by atoms with Crippen LogP contribution in [0.5, 0.6) is 5.75 Å². The van der Waals surface area contributed by atoms with E-state index >= 15 is 0 Å². The molecule has 0 aliphatic rings. The van der Waals surface area contributed by atoms with Crippen LogP contribution in [-0.4, -0.2) is 38.1 Å². The molecule has 0 amide bonds. The van der Waals surface area contributed by atoms with Gasteiger partial charge in [0.1, 0.15) is 5.75 Å². The Hall–Kier alpha value is -5.66. The Balaban J connectivity index is 1.63. The maximum Gasteiger partial charge on any atom is 0.270 e. The molecule has 0 spiro atoms. The second-order valence-corrected chi connectivity index (χ2v) is 8.21. The highest BCUT2D eigenvalue weighted by Crippen LogP contribution is 2.24. The van der Waals surface area contributed by atoms with E-state index in [1.165, 1.54) is 55.8 Å². The Morgan fingerprint density at radius 3 is 1.97 bits per heavy atom. The van der Waals surface area contributed by atoms with Crippen LogP contribution < -0.4 is 20.8 Å². The predicted molar refractivity (Wildman–Crippen MR) is 146 cm³/mol. The van der Waals surface area contributed by atoms with Gasteiger partial charge in [-0.2, -0.15) is 20.1 Å². The number of non-ortho nitro benzene ring substituents is 2. The number of nitro groups is 2. The maximum absolute atomic E-state index is 11.1. The first-order valence-electron chi connectivity index (χ1n) is 11.4. The largest absolute Gasteiger partial charge is 0.496 e. The minimum absolute atomic E-state index is 0.0541. The maximum atomic E-state index is 11.1. The molecule has 3 N–H and O–H groups in total. The lowest BCUT2D eigenvalue weighted by molar-refractivity contribution is -0.385. The summed E-state index contributed by atoms with van der Waals surface area (Å²) in [7, 11) is 1.44. The highest BCUT2D eigenvalue weighted by atomic mass is 16.6. The minimum atomic E-state index is -0.517. The number of anilines is 5. The summed E-state index contributed by atoms with van der Waals surface area (Å²) in [6.07, 6.45) is 1.34. The zero-order chi connectivity index (χ0) is 27.9. The lowest BCUT2D eigenvalue weighted by atomic mass is 10.1. The van der Waals surface area contributed by atoms with Crippen LogP contribution >= 0.6 is 0 Å². The molecule has 0 bridgehead atoms. The lowest BCUT2D eigenvalue weighted by Crippen LogP contribution is -2.07. The molecule has 0 radical (unpaired) electrons. The third-order valence-corrected chi connectivity index (χ3v) is 5.53. The number of benzene rings is 3. The molecule has 14 nitrogen and oxygen atoms in total. The van der Waals surface area contributed by atoms with E-state index in [1.807, 2.05) is 32.0 Å². The van der Waals surface area contributed by atoms with E-state index in [1.54, 1.807) is 0 Å². The molecule has 0 saturated heterocycles. The molecule has 0 atom stereocenters. The number of nitro benzene ring substituents is 2. The summed E-state index contributed by atoms with van der Waals surface area (Å²) in [5.41, 5.74) is 6.37. The van der Waals surface area contributed by atoms with E-state index in [4.69, 9.17) is 4.74 Å². The van der Waals surface area contributed by atoms with E-state index in [0.717, 1.165) is 16.8 Å². The van der Waals surface area contributed by atoms with E-state index in [9.17, 15) is 20.2 Å². The first-order chi connectivity index (χ1) is 18.7. The number of nitrogens with one attached hydrogen (secondary N) is 3. The van der Waals surface area contributed by atoms with Gasteiger partial charge in [0, 0.05) is 41.2 Å². The number of aromatic nitrogens is 3. The SMILES string of the molecule is COc1ccc([N+](=O)[O-])cc1C=NNc1nc(Nc2ccc([N+](=O)[O-])cc2)nc(Nc2ccc(C)c(C)c2)n1. The molecular weight excluding hydrogens is 506 g/mol. The molecule has 0 aliphatic heterocycles. The van der Waals surface area contributed by atoms with Crippen molar-refractivity contribution in [2.75, 3.05) is 23.2 Å². The number of nitrogens with zero attached hydrogens (tertiary/aromatic N) is 6. The van der Waals surface area contributed by atoms with Crippen LogP contribution in [0.2, 0.25) is 0 Å². The van der Waals surface area contributed by atoms with Crippen molar-refractivity contribution in [1.29, 1.82) is 0 Å². The molecular formula is C25H23N9O5. The normalized spacial score (nSPS) is 10.7. The van der Waals surface area contributed by atoms with Crippen molar-refractivity contribution in [3.8, 4) is 5.75 Å². The van der Waals surface area contributed by atoms with Crippen LogP contribution in [0.15, 0.2) is 65.8 Å². The van der Waals surface area contributed by atoms with Crippen molar-refractivity contribution in [3.05, 3.63) is 97.6 Å². The van der Waals surface area contributed by atoms with Gasteiger partial charge in [-0.15, -0.1) is 0 Å². The fourth-order valence-corrected chi connectivity index (χ4v) is 3.38. The van der Waals surface area contributed by atoms with Gasteiger partial charge >= 0.3 is 0 Å². The molecule has 4 aromatic rings. The second-order valence-electron chi connectivity index (χ2n) is 8.21. The zero-order valence-corrected chi connectivity index (χ0v) is 21.1. The molecule has 0 unspecified atom stereocenters. The fraction of sp³-hybridized carbons (Fsp3) is 0.120. The monoisotopic (exact) mass is 529 g/mol. The number of rotatable bonds is 10. The molecule has 3 aromatic carbocycles. The van der Waals surface area contributed by atoms with Gasteiger partial charge in [-0.3, -0.25) is 20.2 Å². The summed E-state index contributed by atoms with van der Waals surface area (Å²) in [6, 6.07) is 15.7. The molecule has 14 heteroatoms. The van der Waals surface area contributed by atoms with Crippen molar-refractivity contribution >= 4 is 46.8 Å². The Morgan fingerprint density at radius 2 is 1.36 bits per heavy atom. The number of aryl methyl sites for hydroxylation is 2. The quantitative estimate of drug-likeness (QED) is 0.139. The predicted octanol–water partition coefficient (Wildman–Crippen LogP) is 5.25. The third kappa shape index (κ3) is 6.76. The van der Waals surface area contributed by atoms with Crippen LogP contribution in [0, 0.1) is 34.1 Å². The van der Waals surface area contributed by atoms with E-state index in [-0.39, 0.29) is 29.2 Å². The molecule has 0 saturated carbocycles. The van der Waals surface area contributed by atoms with Crippen LogP contribution in [0.4, 0.5) is 40.6 Å². The van der Waals surface area contributed by atoms with Crippen molar-refractivity contribution in [3.63, 3.8) is 0 Å². The topological polar surface area (TPSA) is 183 Å². The summed E-state index contributed by atoms with van der Waals surface area (Å²) in [4.78, 5) is 34.1.